The molecule has 1 saturated carbocycles. The number of hydrogen-bond acceptors (Lipinski definition) is 1. The Morgan fingerprint density at radius 3 is 2.40 bits per heavy atom. The second kappa shape index (κ2) is 5.00. The average Bonchev–Trinajstić information content (AvgIpc) is 2.38. The molecule has 2 nitrogen and oxygen atoms in total. The molecule has 15 heavy (non-hydrogen) atoms. The molecule has 1 aliphatic rings. The van der Waals surface area contributed by atoms with Crippen molar-refractivity contribution < 1.29 is 9.90 Å². The highest BCUT2D eigenvalue weighted by molar-refractivity contribution is 5.74. The molecule has 1 N–H and O–H groups in total. The van der Waals surface area contributed by atoms with Crippen molar-refractivity contribution in [2.45, 2.75) is 59.3 Å². The third-order valence-corrected chi connectivity index (χ3v) is 4.46. The third kappa shape index (κ3) is 2.53. The van der Waals surface area contributed by atoms with Crippen molar-refractivity contribution in [1.29, 1.82) is 0 Å². The lowest BCUT2D eigenvalue weighted by molar-refractivity contribution is -0.152. The molecule has 0 aromatic rings. The van der Waals surface area contributed by atoms with E-state index >= 15 is 0 Å². The van der Waals surface area contributed by atoms with Crippen molar-refractivity contribution in [3.8, 4) is 0 Å². The van der Waals surface area contributed by atoms with Crippen molar-refractivity contribution in [3.05, 3.63) is 0 Å². The maximum atomic E-state index is 11.4. The zero-order valence-corrected chi connectivity index (χ0v) is 10.3. The Labute approximate surface area is 93.1 Å². The summed E-state index contributed by atoms with van der Waals surface area (Å²) in [5, 5.41) is 9.38. The standard InChI is InChI=1S/C13H24O2/c1-4-10-6-7-11(5-2)13(3,9-8-10)12(14)15/h10-11H,4-9H2,1-3H3,(H,14,15). The molecule has 0 spiro atoms. The maximum absolute atomic E-state index is 11.4. The van der Waals surface area contributed by atoms with E-state index in [1.165, 1.54) is 12.8 Å². The summed E-state index contributed by atoms with van der Waals surface area (Å²) in [5.74, 6) is 0.526. The number of aliphatic carboxylic acids is 1. The van der Waals surface area contributed by atoms with Gasteiger partial charge in [0.25, 0.3) is 0 Å². The Morgan fingerprint density at radius 1 is 1.27 bits per heavy atom. The van der Waals surface area contributed by atoms with Crippen LogP contribution in [-0.4, -0.2) is 11.1 Å². The summed E-state index contributed by atoms with van der Waals surface area (Å²) < 4.78 is 0. The molecule has 1 rings (SSSR count). The predicted molar refractivity (Wildman–Crippen MR) is 61.8 cm³/mol. The van der Waals surface area contributed by atoms with Crippen LogP contribution in [0.25, 0.3) is 0 Å². The van der Waals surface area contributed by atoms with Crippen LogP contribution in [0.4, 0.5) is 0 Å². The number of rotatable bonds is 3. The van der Waals surface area contributed by atoms with E-state index in [0.717, 1.165) is 31.6 Å². The van der Waals surface area contributed by atoms with Crippen LogP contribution < -0.4 is 0 Å². The van der Waals surface area contributed by atoms with Gasteiger partial charge in [-0.05, 0) is 38.0 Å². The number of carboxylic acid groups (broad SMARTS) is 1. The van der Waals surface area contributed by atoms with Crippen LogP contribution in [0.1, 0.15) is 59.3 Å². The van der Waals surface area contributed by atoms with Gasteiger partial charge in [-0.15, -0.1) is 0 Å². The van der Waals surface area contributed by atoms with Crippen LogP contribution in [0.3, 0.4) is 0 Å². The van der Waals surface area contributed by atoms with E-state index in [-0.39, 0.29) is 0 Å². The summed E-state index contributed by atoms with van der Waals surface area (Å²) in [4.78, 5) is 11.4. The summed E-state index contributed by atoms with van der Waals surface area (Å²) in [7, 11) is 0. The molecular weight excluding hydrogens is 188 g/mol. The van der Waals surface area contributed by atoms with E-state index in [1.54, 1.807) is 0 Å². The van der Waals surface area contributed by atoms with Gasteiger partial charge in [-0.3, -0.25) is 4.79 Å². The average molecular weight is 212 g/mol. The lowest BCUT2D eigenvalue weighted by Gasteiger charge is -2.31. The lowest BCUT2D eigenvalue weighted by Crippen LogP contribution is -2.34. The van der Waals surface area contributed by atoms with Crippen molar-refractivity contribution in [2.24, 2.45) is 17.3 Å². The normalized spacial score (nSPS) is 37.3. The summed E-state index contributed by atoms with van der Waals surface area (Å²) in [5.41, 5.74) is -0.474. The molecule has 0 radical (unpaired) electrons. The Hall–Kier alpha value is -0.530. The molecule has 0 heterocycles. The Morgan fingerprint density at radius 2 is 1.93 bits per heavy atom. The van der Waals surface area contributed by atoms with E-state index in [1.807, 2.05) is 6.92 Å². The largest absolute Gasteiger partial charge is 0.481 e. The second-order valence-corrected chi connectivity index (χ2v) is 5.22. The third-order valence-electron chi connectivity index (χ3n) is 4.46. The smallest absolute Gasteiger partial charge is 0.309 e. The van der Waals surface area contributed by atoms with E-state index in [4.69, 9.17) is 0 Å². The zero-order chi connectivity index (χ0) is 11.5. The summed E-state index contributed by atoms with van der Waals surface area (Å²) in [6.07, 6.45) is 6.47. The van der Waals surface area contributed by atoms with Crippen molar-refractivity contribution >= 4 is 5.97 Å². The first kappa shape index (κ1) is 12.5. The van der Waals surface area contributed by atoms with E-state index in [9.17, 15) is 9.90 Å². The summed E-state index contributed by atoms with van der Waals surface area (Å²) in [6, 6.07) is 0. The predicted octanol–water partition coefficient (Wildman–Crippen LogP) is 3.70. The van der Waals surface area contributed by atoms with E-state index < -0.39 is 11.4 Å². The first-order valence-electron chi connectivity index (χ1n) is 6.28. The maximum Gasteiger partial charge on any atom is 0.309 e. The van der Waals surface area contributed by atoms with Crippen molar-refractivity contribution in [1.82, 2.24) is 0 Å². The number of hydrogen-bond donors (Lipinski definition) is 1. The highest BCUT2D eigenvalue weighted by atomic mass is 16.4. The minimum absolute atomic E-state index is 0.367. The van der Waals surface area contributed by atoms with Gasteiger partial charge >= 0.3 is 5.97 Å². The molecule has 0 amide bonds. The highest BCUT2D eigenvalue weighted by Gasteiger charge is 2.42. The fourth-order valence-corrected chi connectivity index (χ4v) is 2.95. The fraction of sp³-hybridized carbons (Fsp3) is 0.923. The Balaban J connectivity index is 2.80. The highest BCUT2D eigenvalue weighted by Crippen LogP contribution is 2.43. The fourth-order valence-electron chi connectivity index (χ4n) is 2.95. The minimum atomic E-state index is -0.592. The molecule has 3 unspecified atom stereocenters. The molecule has 0 aromatic carbocycles. The molecule has 0 saturated heterocycles. The Kier molecular flexibility index (Phi) is 4.18. The molecule has 3 atom stereocenters. The molecule has 2 heteroatoms. The molecule has 0 bridgehead atoms. The van der Waals surface area contributed by atoms with Gasteiger partial charge in [0.2, 0.25) is 0 Å². The zero-order valence-electron chi connectivity index (χ0n) is 10.3. The van der Waals surface area contributed by atoms with Gasteiger partial charge in [0.05, 0.1) is 5.41 Å². The Bertz CT molecular complexity index is 225. The molecule has 0 aliphatic heterocycles. The van der Waals surface area contributed by atoms with Crippen molar-refractivity contribution in [2.75, 3.05) is 0 Å². The van der Waals surface area contributed by atoms with Crippen LogP contribution in [0.15, 0.2) is 0 Å². The topological polar surface area (TPSA) is 37.3 Å². The second-order valence-electron chi connectivity index (χ2n) is 5.22. The van der Waals surface area contributed by atoms with Gasteiger partial charge in [0.15, 0.2) is 0 Å². The monoisotopic (exact) mass is 212 g/mol. The number of carboxylic acids is 1. The lowest BCUT2D eigenvalue weighted by atomic mass is 9.72. The van der Waals surface area contributed by atoms with Gasteiger partial charge in [0.1, 0.15) is 0 Å². The molecule has 88 valence electrons. The van der Waals surface area contributed by atoms with Crippen LogP contribution >= 0.6 is 0 Å². The molecule has 1 aliphatic carbocycles. The van der Waals surface area contributed by atoms with Crippen LogP contribution in [0.2, 0.25) is 0 Å². The van der Waals surface area contributed by atoms with Crippen LogP contribution in [-0.2, 0) is 4.79 Å². The van der Waals surface area contributed by atoms with Crippen molar-refractivity contribution in [3.63, 3.8) is 0 Å². The molecular formula is C13H24O2. The molecule has 0 aromatic heterocycles. The van der Waals surface area contributed by atoms with Gasteiger partial charge in [-0.2, -0.15) is 0 Å². The summed E-state index contributed by atoms with van der Waals surface area (Å²) in [6.45, 7) is 6.29. The van der Waals surface area contributed by atoms with Crippen LogP contribution in [0.5, 0.6) is 0 Å². The van der Waals surface area contributed by atoms with Gasteiger partial charge < -0.3 is 5.11 Å². The van der Waals surface area contributed by atoms with Gasteiger partial charge in [0, 0.05) is 0 Å². The first-order chi connectivity index (χ1) is 7.04. The van der Waals surface area contributed by atoms with E-state index in [0.29, 0.717) is 5.92 Å². The quantitative estimate of drug-likeness (QED) is 0.724. The summed E-state index contributed by atoms with van der Waals surface area (Å²) >= 11 is 0. The number of carbonyl (C=O) groups is 1. The van der Waals surface area contributed by atoms with E-state index in [2.05, 4.69) is 13.8 Å². The first-order valence-corrected chi connectivity index (χ1v) is 6.28. The van der Waals surface area contributed by atoms with Gasteiger partial charge in [-0.25, -0.2) is 0 Å². The SMILES string of the molecule is CCC1CCC(CC)C(C)(C(=O)O)CC1. The minimum Gasteiger partial charge on any atom is -0.481 e. The van der Waals surface area contributed by atoms with Gasteiger partial charge in [-0.1, -0.05) is 33.1 Å². The van der Waals surface area contributed by atoms with Crippen LogP contribution in [0, 0.1) is 17.3 Å². The molecule has 1 fully saturated rings.